The van der Waals surface area contributed by atoms with Crippen molar-refractivity contribution < 1.29 is 4.79 Å². The number of para-hydroxylation sites is 3. The van der Waals surface area contributed by atoms with E-state index in [4.69, 9.17) is 0 Å². The fourth-order valence-corrected chi connectivity index (χ4v) is 2.29. The Morgan fingerprint density at radius 2 is 1.29 bits per heavy atom. The molecule has 3 aromatic rings. The van der Waals surface area contributed by atoms with Gasteiger partial charge in [-0.1, -0.05) is 60.7 Å². The molecule has 0 aliphatic rings. The zero-order valence-electron chi connectivity index (χ0n) is 13.1. The molecule has 0 bridgehead atoms. The van der Waals surface area contributed by atoms with Gasteiger partial charge >= 0.3 is 0 Å². The van der Waals surface area contributed by atoms with Gasteiger partial charge in [0.25, 0.3) is 0 Å². The molecule has 0 atom stereocenters. The fraction of sp³-hybridized carbons (Fsp3) is 0. The van der Waals surface area contributed by atoms with Crippen LogP contribution in [0, 0.1) is 0 Å². The van der Waals surface area contributed by atoms with E-state index < -0.39 is 0 Å². The zero-order chi connectivity index (χ0) is 16.6. The Hall–Kier alpha value is -3.33. The maximum atomic E-state index is 12.2. The second-order valence-corrected chi connectivity index (χ2v) is 5.27. The lowest BCUT2D eigenvalue weighted by Crippen LogP contribution is -2.09. The number of carbonyl (C=O) groups is 1. The summed E-state index contributed by atoms with van der Waals surface area (Å²) in [4.78, 5) is 12.2. The minimum absolute atomic E-state index is 0.166. The first-order valence-corrected chi connectivity index (χ1v) is 7.76. The van der Waals surface area contributed by atoms with Crippen molar-refractivity contribution in [3.63, 3.8) is 0 Å². The molecule has 3 aromatic carbocycles. The van der Waals surface area contributed by atoms with Crippen LogP contribution in [0.25, 0.3) is 6.08 Å². The van der Waals surface area contributed by atoms with E-state index in [0.717, 1.165) is 22.6 Å². The predicted molar refractivity (Wildman–Crippen MR) is 100 cm³/mol. The molecule has 1 amide bonds. The molecule has 0 heterocycles. The molecule has 3 rings (SSSR count). The van der Waals surface area contributed by atoms with Crippen LogP contribution in [0.5, 0.6) is 0 Å². The van der Waals surface area contributed by atoms with Crippen LogP contribution in [0.3, 0.4) is 0 Å². The first kappa shape index (κ1) is 15.6. The Bertz CT molecular complexity index is 827. The van der Waals surface area contributed by atoms with Gasteiger partial charge in [-0.3, -0.25) is 4.79 Å². The molecule has 3 heteroatoms. The Morgan fingerprint density at radius 3 is 2.00 bits per heavy atom. The zero-order valence-corrected chi connectivity index (χ0v) is 13.1. The normalized spacial score (nSPS) is 10.5. The van der Waals surface area contributed by atoms with Crippen molar-refractivity contribution in [3.8, 4) is 0 Å². The van der Waals surface area contributed by atoms with Crippen LogP contribution in [-0.2, 0) is 4.79 Å². The molecule has 0 unspecified atom stereocenters. The highest BCUT2D eigenvalue weighted by atomic mass is 16.1. The van der Waals surface area contributed by atoms with Crippen molar-refractivity contribution in [3.05, 3.63) is 96.6 Å². The molecule has 24 heavy (non-hydrogen) atoms. The number of carbonyl (C=O) groups excluding carboxylic acids is 1. The molecule has 0 aromatic heterocycles. The standard InChI is InChI=1S/C21H18N2O/c24-21(16-15-17-9-3-1-4-10-17)23-20-14-8-7-13-19(20)22-18-11-5-2-6-12-18/h1-16,22H,(H,23,24)/b16-15+. The smallest absolute Gasteiger partial charge is 0.248 e. The van der Waals surface area contributed by atoms with Gasteiger partial charge in [0, 0.05) is 11.8 Å². The Morgan fingerprint density at radius 1 is 0.708 bits per heavy atom. The van der Waals surface area contributed by atoms with Crippen molar-refractivity contribution in [2.75, 3.05) is 10.6 Å². The Balaban J connectivity index is 1.71. The van der Waals surface area contributed by atoms with Gasteiger partial charge in [0.15, 0.2) is 0 Å². The summed E-state index contributed by atoms with van der Waals surface area (Å²) >= 11 is 0. The van der Waals surface area contributed by atoms with Crippen LogP contribution in [0.15, 0.2) is 91.0 Å². The molecule has 0 aliphatic carbocycles. The van der Waals surface area contributed by atoms with Crippen molar-refractivity contribution in [2.45, 2.75) is 0 Å². The highest BCUT2D eigenvalue weighted by molar-refractivity contribution is 6.04. The van der Waals surface area contributed by atoms with E-state index in [1.165, 1.54) is 6.08 Å². The average Bonchev–Trinajstić information content (AvgIpc) is 2.63. The van der Waals surface area contributed by atoms with Gasteiger partial charge in [-0.2, -0.15) is 0 Å². The predicted octanol–water partition coefficient (Wildman–Crippen LogP) is 5.08. The third kappa shape index (κ3) is 4.34. The fourth-order valence-electron chi connectivity index (χ4n) is 2.29. The van der Waals surface area contributed by atoms with Gasteiger partial charge in [-0.15, -0.1) is 0 Å². The van der Waals surface area contributed by atoms with E-state index in [2.05, 4.69) is 10.6 Å². The van der Waals surface area contributed by atoms with Crippen LogP contribution >= 0.6 is 0 Å². The lowest BCUT2D eigenvalue weighted by Gasteiger charge is -2.12. The Labute approximate surface area is 141 Å². The molecular weight excluding hydrogens is 296 g/mol. The number of hydrogen-bond donors (Lipinski definition) is 2. The van der Waals surface area contributed by atoms with Crippen LogP contribution in [0.1, 0.15) is 5.56 Å². The monoisotopic (exact) mass is 314 g/mol. The summed E-state index contributed by atoms with van der Waals surface area (Å²) in [6.07, 6.45) is 3.33. The van der Waals surface area contributed by atoms with Gasteiger partial charge in [0.2, 0.25) is 5.91 Å². The molecule has 0 fully saturated rings. The van der Waals surface area contributed by atoms with Gasteiger partial charge in [-0.25, -0.2) is 0 Å². The van der Waals surface area contributed by atoms with E-state index in [1.54, 1.807) is 6.08 Å². The van der Waals surface area contributed by atoms with Crippen LogP contribution in [0.2, 0.25) is 0 Å². The van der Waals surface area contributed by atoms with Crippen LogP contribution in [-0.4, -0.2) is 5.91 Å². The third-order valence-corrected chi connectivity index (χ3v) is 3.46. The van der Waals surface area contributed by atoms with Crippen molar-refractivity contribution in [2.24, 2.45) is 0 Å². The number of rotatable bonds is 5. The topological polar surface area (TPSA) is 41.1 Å². The second-order valence-electron chi connectivity index (χ2n) is 5.27. The molecule has 0 spiro atoms. The van der Waals surface area contributed by atoms with Crippen LogP contribution < -0.4 is 10.6 Å². The van der Waals surface area contributed by atoms with Crippen molar-refractivity contribution in [1.82, 2.24) is 0 Å². The van der Waals surface area contributed by atoms with Gasteiger partial charge in [0.05, 0.1) is 11.4 Å². The van der Waals surface area contributed by atoms with Gasteiger partial charge in [0.1, 0.15) is 0 Å². The number of benzene rings is 3. The van der Waals surface area contributed by atoms with Gasteiger partial charge < -0.3 is 10.6 Å². The number of hydrogen-bond acceptors (Lipinski definition) is 2. The van der Waals surface area contributed by atoms with E-state index in [-0.39, 0.29) is 5.91 Å². The molecule has 2 N–H and O–H groups in total. The molecule has 0 saturated carbocycles. The minimum atomic E-state index is -0.166. The average molecular weight is 314 g/mol. The van der Waals surface area contributed by atoms with Crippen molar-refractivity contribution in [1.29, 1.82) is 0 Å². The van der Waals surface area contributed by atoms with Gasteiger partial charge in [-0.05, 0) is 35.9 Å². The maximum absolute atomic E-state index is 12.2. The summed E-state index contributed by atoms with van der Waals surface area (Å²) in [5.41, 5.74) is 3.55. The molecule has 3 nitrogen and oxygen atoms in total. The summed E-state index contributed by atoms with van der Waals surface area (Å²) in [5.74, 6) is -0.166. The van der Waals surface area contributed by atoms with E-state index in [9.17, 15) is 4.79 Å². The SMILES string of the molecule is O=C(/C=C/c1ccccc1)Nc1ccccc1Nc1ccccc1. The highest BCUT2D eigenvalue weighted by Gasteiger charge is 2.04. The highest BCUT2D eigenvalue weighted by Crippen LogP contribution is 2.25. The first-order chi connectivity index (χ1) is 11.8. The molecule has 0 radical (unpaired) electrons. The molecule has 0 saturated heterocycles. The van der Waals surface area contributed by atoms with E-state index >= 15 is 0 Å². The van der Waals surface area contributed by atoms with Crippen molar-refractivity contribution >= 4 is 29.0 Å². The number of anilines is 3. The quantitative estimate of drug-likeness (QED) is 0.645. The summed E-state index contributed by atoms with van der Waals surface area (Å²) in [7, 11) is 0. The summed E-state index contributed by atoms with van der Waals surface area (Å²) in [5, 5.41) is 6.23. The van der Waals surface area contributed by atoms with E-state index in [1.807, 2.05) is 84.9 Å². The largest absolute Gasteiger partial charge is 0.354 e. The Kier molecular flexibility index (Phi) is 5.05. The maximum Gasteiger partial charge on any atom is 0.248 e. The number of nitrogens with one attached hydrogen (secondary N) is 2. The molecule has 118 valence electrons. The third-order valence-electron chi connectivity index (χ3n) is 3.46. The summed E-state index contributed by atoms with van der Waals surface area (Å²) < 4.78 is 0. The van der Waals surface area contributed by atoms with Crippen LogP contribution in [0.4, 0.5) is 17.1 Å². The first-order valence-electron chi connectivity index (χ1n) is 7.76. The molecule has 0 aliphatic heterocycles. The summed E-state index contributed by atoms with van der Waals surface area (Å²) in [6.45, 7) is 0. The molecular formula is C21H18N2O. The minimum Gasteiger partial charge on any atom is -0.354 e. The van der Waals surface area contributed by atoms with E-state index in [0.29, 0.717) is 0 Å². The lowest BCUT2D eigenvalue weighted by molar-refractivity contribution is -0.111. The second kappa shape index (κ2) is 7.79. The number of amides is 1. The summed E-state index contributed by atoms with van der Waals surface area (Å²) in [6, 6.07) is 27.2. The lowest BCUT2D eigenvalue weighted by atomic mass is 10.2.